The summed E-state index contributed by atoms with van der Waals surface area (Å²) in [6.07, 6.45) is -0.894. The lowest BCUT2D eigenvalue weighted by Gasteiger charge is -2.16. The summed E-state index contributed by atoms with van der Waals surface area (Å²) in [5.74, 6) is -0.292. The van der Waals surface area contributed by atoms with Crippen LogP contribution in [0.1, 0.15) is 17.2 Å². The highest BCUT2D eigenvalue weighted by Gasteiger charge is 2.16. The molecular formula is C16H16F2O3. The van der Waals surface area contributed by atoms with Crippen LogP contribution in [-0.2, 0) is 6.42 Å². The Kier molecular flexibility index (Phi) is 4.75. The van der Waals surface area contributed by atoms with Crippen molar-refractivity contribution in [3.63, 3.8) is 0 Å². The fraction of sp³-hybridized carbons (Fsp3) is 0.250. The lowest BCUT2D eigenvalue weighted by atomic mass is 10.00. The lowest BCUT2D eigenvalue weighted by Crippen LogP contribution is -2.05. The number of methoxy groups -OCH3 is 2. The molecule has 1 N–H and O–H groups in total. The summed E-state index contributed by atoms with van der Waals surface area (Å²) in [6.45, 7) is 0. The van der Waals surface area contributed by atoms with Crippen LogP contribution >= 0.6 is 0 Å². The van der Waals surface area contributed by atoms with Crippen LogP contribution in [0.3, 0.4) is 0 Å². The first-order chi connectivity index (χ1) is 10.0. The summed E-state index contributed by atoms with van der Waals surface area (Å²) >= 11 is 0. The van der Waals surface area contributed by atoms with E-state index < -0.39 is 17.7 Å². The van der Waals surface area contributed by atoms with Crippen molar-refractivity contribution in [1.82, 2.24) is 0 Å². The number of rotatable bonds is 5. The maximum Gasteiger partial charge on any atom is 0.126 e. The molecule has 2 aromatic carbocycles. The average Bonchev–Trinajstić information content (AvgIpc) is 2.45. The zero-order chi connectivity index (χ0) is 15.4. The van der Waals surface area contributed by atoms with Gasteiger partial charge >= 0.3 is 0 Å². The molecule has 0 spiro atoms. The first kappa shape index (κ1) is 15.3. The normalized spacial score (nSPS) is 12.0. The third-order valence-electron chi connectivity index (χ3n) is 3.15. The Balaban J connectivity index is 2.28. The van der Waals surface area contributed by atoms with Crippen molar-refractivity contribution >= 4 is 0 Å². The molecule has 0 saturated carbocycles. The van der Waals surface area contributed by atoms with E-state index in [2.05, 4.69) is 0 Å². The predicted molar refractivity (Wildman–Crippen MR) is 74.6 cm³/mol. The molecule has 0 fully saturated rings. The number of aliphatic hydroxyl groups is 1. The Bertz CT molecular complexity index is 609. The topological polar surface area (TPSA) is 38.7 Å². The second-order valence-electron chi connectivity index (χ2n) is 4.61. The molecule has 5 heteroatoms. The maximum atomic E-state index is 13.2. The average molecular weight is 294 g/mol. The lowest BCUT2D eigenvalue weighted by molar-refractivity contribution is 0.173. The van der Waals surface area contributed by atoms with Crippen LogP contribution in [0.25, 0.3) is 0 Å². The first-order valence-corrected chi connectivity index (χ1v) is 6.38. The minimum atomic E-state index is -0.962. The van der Waals surface area contributed by atoms with Crippen LogP contribution in [0.5, 0.6) is 11.5 Å². The Morgan fingerprint density at radius 2 is 1.67 bits per heavy atom. The summed E-state index contributed by atoms with van der Waals surface area (Å²) in [5.41, 5.74) is 0.867. The van der Waals surface area contributed by atoms with Crippen LogP contribution in [0, 0.1) is 11.6 Å². The third-order valence-corrected chi connectivity index (χ3v) is 3.15. The molecule has 0 aliphatic carbocycles. The van der Waals surface area contributed by atoms with Gasteiger partial charge in [0.15, 0.2) is 0 Å². The number of halogens is 2. The molecule has 0 aromatic heterocycles. The summed E-state index contributed by atoms with van der Waals surface area (Å²) in [5, 5.41) is 10.3. The van der Waals surface area contributed by atoms with E-state index in [1.807, 2.05) is 0 Å². The van der Waals surface area contributed by atoms with Crippen molar-refractivity contribution < 1.29 is 23.4 Å². The number of hydrogen-bond donors (Lipinski definition) is 1. The summed E-state index contributed by atoms with van der Waals surface area (Å²) in [6, 6.07) is 8.19. The molecular weight excluding hydrogens is 278 g/mol. The van der Waals surface area contributed by atoms with E-state index >= 15 is 0 Å². The van der Waals surface area contributed by atoms with Crippen LogP contribution in [-0.4, -0.2) is 19.3 Å². The molecule has 2 aromatic rings. The van der Waals surface area contributed by atoms with Crippen molar-refractivity contribution in [2.75, 3.05) is 14.2 Å². The van der Waals surface area contributed by atoms with E-state index in [9.17, 15) is 13.9 Å². The van der Waals surface area contributed by atoms with E-state index in [0.717, 1.165) is 6.07 Å². The van der Waals surface area contributed by atoms with Gasteiger partial charge in [0.1, 0.15) is 23.1 Å². The number of aliphatic hydroxyl groups excluding tert-OH is 1. The van der Waals surface area contributed by atoms with Gasteiger partial charge in [-0.25, -0.2) is 8.78 Å². The molecule has 0 radical (unpaired) electrons. The van der Waals surface area contributed by atoms with Gasteiger partial charge in [0, 0.05) is 18.1 Å². The zero-order valence-electron chi connectivity index (χ0n) is 11.8. The first-order valence-electron chi connectivity index (χ1n) is 6.38. The second-order valence-corrected chi connectivity index (χ2v) is 4.61. The smallest absolute Gasteiger partial charge is 0.126 e. The minimum Gasteiger partial charge on any atom is -0.497 e. The second kappa shape index (κ2) is 6.54. The zero-order valence-corrected chi connectivity index (χ0v) is 11.8. The van der Waals surface area contributed by atoms with E-state index in [-0.39, 0.29) is 6.42 Å². The molecule has 1 unspecified atom stereocenters. The highest BCUT2D eigenvalue weighted by molar-refractivity contribution is 5.42. The maximum absolute atomic E-state index is 13.2. The van der Waals surface area contributed by atoms with E-state index in [1.165, 1.54) is 26.4 Å². The van der Waals surface area contributed by atoms with Crippen LogP contribution in [0.15, 0.2) is 36.4 Å². The van der Waals surface area contributed by atoms with Crippen molar-refractivity contribution in [3.05, 3.63) is 59.2 Å². The molecule has 2 rings (SSSR count). The van der Waals surface area contributed by atoms with E-state index in [0.29, 0.717) is 22.6 Å². The van der Waals surface area contributed by atoms with Gasteiger partial charge in [0.2, 0.25) is 0 Å². The Morgan fingerprint density at radius 3 is 2.24 bits per heavy atom. The largest absolute Gasteiger partial charge is 0.497 e. The molecule has 3 nitrogen and oxygen atoms in total. The molecule has 0 aliphatic rings. The molecule has 0 heterocycles. The SMILES string of the molecule is COc1ccc(OC)c(C(O)Cc2cc(F)cc(F)c2)c1. The van der Waals surface area contributed by atoms with Gasteiger partial charge in [-0.15, -0.1) is 0 Å². The third kappa shape index (κ3) is 3.70. The minimum absolute atomic E-state index is 0.0677. The van der Waals surface area contributed by atoms with Crippen molar-refractivity contribution in [1.29, 1.82) is 0 Å². The molecule has 0 aliphatic heterocycles. The van der Waals surface area contributed by atoms with Gasteiger partial charge in [-0.2, -0.15) is 0 Å². The summed E-state index contributed by atoms with van der Waals surface area (Å²) in [7, 11) is 3.00. The molecule has 0 saturated heterocycles. The summed E-state index contributed by atoms with van der Waals surface area (Å²) < 4.78 is 36.7. The van der Waals surface area contributed by atoms with Crippen LogP contribution in [0.2, 0.25) is 0 Å². The van der Waals surface area contributed by atoms with Gasteiger partial charge < -0.3 is 14.6 Å². The van der Waals surface area contributed by atoms with Gasteiger partial charge in [0.25, 0.3) is 0 Å². The predicted octanol–water partition coefficient (Wildman–Crippen LogP) is 3.26. The molecule has 0 bridgehead atoms. The molecule has 112 valence electrons. The monoisotopic (exact) mass is 294 g/mol. The number of benzene rings is 2. The fourth-order valence-electron chi connectivity index (χ4n) is 2.16. The Hall–Kier alpha value is -2.14. The van der Waals surface area contributed by atoms with Crippen molar-refractivity contribution in [3.8, 4) is 11.5 Å². The highest BCUT2D eigenvalue weighted by Crippen LogP contribution is 2.31. The summed E-state index contributed by atoms with van der Waals surface area (Å²) in [4.78, 5) is 0. The Morgan fingerprint density at radius 1 is 1.00 bits per heavy atom. The van der Waals surface area contributed by atoms with Crippen molar-refractivity contribution in [2.45, 2.75) is 12.5 Å². The molecule has 0 amide bonds. The van der Waals surface area contributed by atoms with Gasteiger partial charge in [-0.3, -0.25) is 0 Å². The van der Waals surface area contributed by atoms with Gasteiger partial charge in [-0.05, 0) is 35.9 Å². The van der Waals surface area contributed by atoms with Gasteiger partial charge in [-0.1, -0.05) is 0 Å². The number of hydrogen-bond acceptors (Lipinski definition) is 3. The van der Waals surface area contributed by atoms with Crippen LogP contribution < -0.4 is 9.47 Å². The van der Waals surface area contributed by atoms with E-state index in [1.54, 1.807) is 18.2 Å². The number of ether oxygens (including phenoxy) is 2. The highest BCUT2D eigenvalue weighted by atomic mass is 19.1. The standard InChI is InChI=1S/C16H16F2O3/c1-20-13-3-4-16(21-2)14(9-13)15(19)7-10-5-11(17)8-12(18)6-10/h3-6,8-9,15,19H,7H2,1-2H3. The van der Waals surface area contributed by atoms with Crippen LogP contribution in [0.4, 0.5) is 8.78 Å². The fourth-order valence-corrected chi connectivity index (χ4v) is 2.16. The van der Waals surface area contributed by atoms with E-state index in [4.69, 9.17) is 9.47 Å². The van der Waals surface area contributed by atoms with Crippen molar-refractivity contribution in [2.24, 2.45) is 0 Å². The molecule has 21 heavy (non-hydrogen) atoms. The quantitative estimate of drug-likeness (QED) is 0.920. The Labute approximate surface area is 121 Å². The van der Waals surface area contributed by atoms with Gasteiger partial charge in [0.05, 0.1) is 20.3 Å². The molecule has 1 atom stereocenters.